The van der Waals surface area contributed by atoms with Crippen LogP contribution in [0, 0.1) is 13.8 Å². The minimum atomic E-state index is 0.944. The second kappa shape index (κ2) is 4.87. The van der Waals surface area contributed by atoms with Crippen molar-refractivity contribution < 1.29 is 9.30 Å². The Morgan fingerprint density at radius 1 is 1.23 bits per heavy atom. The fourth-order valence-electron chi connectivity index (χ4n) is 3.51. The molecule has 0 bridgehead atoms. The maximum absolute atomic E-state index is 6.37. The molecule has 0 saturated carbocycles. The van der Waals surface area contributed by atoms with E-state index in [4.69, 9.17) is 4.74 Å². The zero-order chi connectivity index (χ0) is 15.3. The minimum absolute atomic E-state index is 0.944. The van der Waals surface area contributed by atoms with Gasteiger partial charge in [0.2, 0.25) is 5.75 Å². The number of hydrogen-bond acceptors (Lipinski definition) is 1. The zero-order valence-electron chi connectivity index (χ0n) is 13.4. The lowest BCUT2D eigenvalue weighted by Crippen LogP contribution is -2.30. The highest BCUT2D eigenvalue weighted by Gasteiger charge is 2.25. The lowest BCUT2D eigenvalue weighted by molar-refractivity contribution is -0.651. The van der Waals surface area contributed by atoms with Gasteiger partial charge in [-0.05, 0) is 36.1 Å². The van der Waals surface area contributed by atoms with Crippen LogP contribution in [0.3, 0.4) is 0 Å². The molecule has 2 aliphatic carbocycles. The van der Waals surface area contributed by atoms with E-state index in [1.165, 1.54) is 22.5 Å². The first-order valence-electron chi connectivity index (χ1n) is 7.89. The van der Waals surface area contributed by atoms with Gasteiger partial charge in [0.15, 0.2) is 0 Å². The van der Waals surface area contributed by atoms with Gasteiger partial charge in [0.05, 0.1) is 13.2 Å². The molecule has 0 saturated heterocycles. The number of aromatic nitrogens is 2. The lowest BCUT2D eigenvalue weighted by atomic mass is 10.0. The molecular formula is C19H21N2O+. The van der Waals surface area contributed by atoms with E-state index in [2.05, 4.69) is 66.4 Å². The third-order valence-electron chi connectivity index (χ3n) is 4.97. The molecule has 3 heteroatoms. The summed E-state index contributed by atoms with van der Waals surface area (Å²) in [6, 6.07) is 4.13. The van der Waals surface area contributed by atoms with E-state index in [1.54, 1.807) is 0 Å². The van der Waals surface area contributed by atoms with Crippen molar-refractivity contribution in [1.29, 1.82) is 0 Å². The molecule has 0 fully saturated rings. The first-order valence-corrected chi connectivity index (χ1v) is 7.89. The Bertz CT molecular complexity index is 865. The molecule has 2 aromatic heterocycles. The Morgan fingerprint density at radius 3 is 2.95 bits per heavy atom. The fourth-order valence-corrected chi connectivity index (χ4v) is 3.51. The Labute approximate surface area is 130 Å². The van der Waals surface area contributed by atoms with E-state index < -0.39 is 0 Å². The van der Waals surface area contributed by atoms with Crippen LogP contribution in [-0.2, 0) is 7.05 Å². The van der Waals surface area contributed by atoms with E-state index in [-0.39, 0.29) is 0 Å². The largest absolute Gasteiger partial charge is 0.453 e. The number of rotatable bonds is 2. The standard InChI is InChI=1S/C19H21N2O/c1-13-14(2)21-12-6-9-18(19(21)20(13)3)22-17-11-10-15-7-4-5-8-16(15)17/h4-7,9,12H,8,10-11H2,1-3H3/q+1. The van der Waals surface area contributed by atoms with Crippen molar-refractivity contribution in [2.24, 2.45) is 7.05 Å². The summed E-state index contributed by atoms with van der Waals surface area (Å²) in [4.78, 5) is 0. The molecule has 2 aromatic rings. The van der Waals surface area contributed by atoms with Gasteiger partial charge in [-0.3, -0.25) is 0 Å². The number of allylic oxidation sites excluding steroid dienone is 6. The Balaban J connectivity index is 1.82. The van der Waals surface area contributed by atoms with Crippen LogP contribution in [0.25, 0.3) is 5.65 Å². The number of pyridine rings is 1. The highest BCUT2D eigenvalue weighted by molar-refractivity contribution is 5.53. The highest BCUT2D eigenvalue weighted by atomic mass is 16.5. The quantitative estimate of drug-likeness (QED) is 0.772. The summed E-state index contributed by atoms with van der Waals surface area (Å²) in [6.45, 7) is 4.30. The summed E-state index contributed by atoms with van der Waals surface area (Å²) in [5.41, 5.74) is 6.47. The maximum atomic E-state index is 6.37. The third-order valence-corrected chi connectivity index (χ3v) is 4.97. The first-order chi connectivity index (χ1) is 10.7. The predicted molar refractivity (Wildman–Crippen MR) is 86.8 cm³/mol. The molecule has 0 aliphatic heterocycles. The molecule has 2 aliphatic rings. The van der Waals surface area contributed by atoms with Crippen LogP contribution in [0.15, 0.2) is 53.5 Å². The second-order valence-electron chi connectivity index (χ2n) is 6.12. The highest BCUT2D eigenvalue weighted by Crippen LogP contribution is 2.37. The SMILES string of the molecule is Cc1c(C)[n+](C)c2c(OC3=C4CC=CC=C4CC3)cccn12. The number of ether oxygens (including phenoxy) is 1. The summed E-state index contributed by atoms with van der Waals surface area (Å²) < 4.78 is 10.8. The van der Waals surface area contributed by atoms with Gasteiger partial charge in [0, 0.05) is 20.3 Å². The summed E-state index contributed by atoms with van der Waals surface area (Å²) in [6.07, 6.45) is 11.8. The van der Waals surface area contributed by atoms with Crippen molar-refractivity contribution >= 4 is 5.65 Å². The van der Waals surface area contributed by atoms with E-state index in [0.717, 1.165) is 36.4 Å². The van der Waals surface area contributed by atoms with Gasteiger partial charge < -0.3 is 4.74 Å². The molecule has 0 spiro atoms. The number of hydrogen-bond donors (Lipinski definition) is 0. The van der Waals surface area contributed by atoms with Gasteiger partial charge in [-0.1, -0.05) is 18.2 Å². The number of nitrogens with zero attached hydrogens (tertiary/aromatic N) is 2. The third kappa shape index (κ3) is 1.85. The normalized spacial score (nSPS) is 17.1. The molecule has 0 atom stereocenters. The van der Waals surface area contributed by atoms with Crippen LogP contribution in [0.1, 0.15) is 30.7 Å². The molecule has 4 rings (SSSR count). The van der Waals surface area contributed by atoms with Crippen molar-refractivity contribution in [2.75, 3.05) is 0 Å². The minimum Gasteiger partial charge on any atom is -0.453 e. The first kappa shape index (κ1) is 13.4. The maximum Gasteiger partial charge on any atom is 0.330 e. The summed E-state index contributed by atoms with van der Waals surface area (Å²) in [7, 11) is 2.10. The van der Waals surface area contributed by atoms with Gasteiger partial charge in [-0.15, -0.1) is 0 Å². The number of fused-ring (bicyclic) bond motifs is 2. The number of aryl methyl sites for hydroxylation is 2. The average Bonchev–Trinajstić information content (AvgIpc) is 3.04. The predicted octanol–water partition coefficient (Wildman–Crippen LogP) is 3.69. The Morgan fingerprint density at radius 2 is 2.09 bits per heavy atom. The van der Waals surface area contributed by atoms with E-state index in [0.29, 0.717) is 0 Å². The van der Waals surface area contributed by atoms with Crippen LogP contribution in [-0.4, -0.2) is 4.40 Å². The van der Waals surface area contributed by atoms with Crippen LogP contribution >= 0.6 is 0 Å². The number of imidazole rings is 1. The van der Waals surface area contributed by atoms with Crippen LogP contribution in [0.2, 0.25) is 0 Å². The lowest BCUT2D eigenvalue weighted by Gasteiger charge is -2.10. The molecule has 22 heavy (non-hydrogen) atoms. The molecule has 0 aromatic carbocycles. The molecule has 0 radical (unpaired) electrons. The van der Waals surface area contributed by atoms with E-state index in [9.17, 15) is 0 Å². The van der Waals surface area contributed by atoms with Crippen molar-refractivity contribution in [2.45, 2.75) is 33.1 Å². The Hall–Kier alpha value is -2.29. The van der Waals surface area contributed by atoms with Gasteiger partial charge in [-0.2, -0.15) is 4.40 Å². The molecule has 3 nitrogen and oxygen atoms in total. The molecule has 0 N–H and O–H groups in total. The fraction of sp³-hybridized carbons (Fsp3) is 0.316. The van der Waals surface area contributed by atoms with Crippen LogP contribution < -0.4 is 9.30 Å². The van der Waals surface area contributed by atoms with E-state index >= 15 is 0 Å². The van der Waals surface area contributed by atoms with Gasteiger partial charge in [-0.25, -0.2) is 4.57 Å². The van der Waals surface area contributed by atoms with Gasteiger partial charge in [0.1, 0.15) is 17.1 Å². The van der Waals surface area contributed by atoms with Gasteiger partial charge in [0.25, 0.3) is 0 Å². The molecule has 2 heterocycles. The van der Waals surface area contributed by atoms with Crippen molar-refractivity contribution in [3.8, 4) is 5.75 Å². The molecular weight excluding hydrogens is 272 g/mol. The Kier molecular flexibility index (Phi) is 2.96. The van der Waals surface area contributed by atoms with Crippen molar-refractivity contribution in [3.05, 3.63) is 64.9 Å². The van der Waals surface area contributed by atoms with Crippen molar-refractivity contribution in [3.63, 3.8) is 0 Å². The zero-order valence-corrected chi connectivity index (χ0v) is 13.4. The summed E-state index contributed by atoms with van der Waals surface area (Å²) in [5.74, 6) is 2.08. The average molecular weight is 293 g/mol. The van der Waals surface area contributed by atoms with E-state index in [1.807, 2.05) is 0 Å². The smallest absolute Gasteiger partial charge is 0.330 e. The molecule has 0 amide bonds. The summed E-state index contributed by atoms with van der Waals surface area (Å²) in [5, 5.41) is 0. The second-order valence-corrected chi connectivity index (χ2v) is 6.12. The van der Waals surface area contributed by atoms with Crippen molar-refractivity contribution in [1.82, 2.24) is 4.40 Å². The van der Waals surface area contributed by atoms with Crippen LogP contribution in [0.4, 0.5) is 0 Å². The summed E-state index contributed by atoms with van der Waals surface area (Å²) >= 11 is 0. The molecule has 112 valence electrons. The topological polar surface area (TPSA) is 17.5 Å². The van der Waals surface area contributed by atoms with Crippen LogP contribution in [0.5, 0.6) is 5.75 Å². The molecule has 0 unspecified atom stereocenters. The van der Waals surface area contributed by atoms with Gasteiger partial charge >= 0.3 is 5.65 Å². The monoisotopic (exact) mass is 293 g/mol.